The van der Waals surface area contributed by atoms with Gasteiger partial charge in [0.25, 0.3) is 17.5 Å². The van der Waals surface area contributed by atoms with Crippen LogP contribution in [0.2, 0.25) is 0 Å². The summed E-state index contributed by atoms with van der Waals surface area (Å²) in [6.07, 6.45) is 0. The molecule has 3 N–H and O–H groups in total. The highest BCUT2D eigenvalue weighted by atomic mass is 16.6. The third-order valence-electron chi connectivity index (χ3n) is 6.28. The molecule has 1 heterocycles. The molecule has 0 bridgehead atoms. The SMILES string of the molecule is CC1=C(C(=O)Nc2ccc(C)cc2)C(c2cccc([N+](=O)[O-])c2)C(C(=O)Nc2ccc(C)cc2)=C(C)N1. The van der Waals surface area contributed by atoms with Gasteiger partial charge in [-0.05, 0) is 57.5 Å². The number of non-ortho nitro benzene ring substituents is 1. The van der Waals surface area contributed by atoms with E-state index in [1.165, 1.54) is 12.1 Å². The van der Waals surface area contributed by atoms with Gasteiger partial charge in [-0.3, -0.25) is 19.7 Å². The Morgan fingerprint density at radius 3 is 1.65 bits per heavy atom. The van der Waals surface area contributed by atoms with E-state index in [1.54, 1.807) is 50.2 Å². The maximum Gasteiger partial charge on any atom is 0.269 e. The molecule has 4 rings (SSSR count). The van der Waals surface area contributed by atoms with Crippen molar-refractivity contribution >= 4 is 28.9 Å². The van der Waals surface area contributed by atoms with Crippen molar-refractivity contribution in [3.8, 4) is 0 Å². The van der Waals surface area contributed by atoms with Crippen molar-refractivity contribution in [3.63, 3.8) is 0 Å². The number of rotatable bonds is 6. The van der Waals surface area contributed by atoms with Crippen LogP contribution < -0.4 is 16.0 Å². The fraction of sp³-hybridized carbons (Fsp3) is 0.172. The Bertz CT molecular complexity index is 1360. The number of allylic oxidation sites excluding steroid dienone is 2. The summed E-state index contributed by atoms with van der Waals surface area (Å²) in [5, 5.41) is 20.5. The molecular formula is C29H28N4O4. The van der Waals surface area contributed by atoms with E-state index in [4.69, 9.17) is 0 Å². The van der Waals surface area contributed by atoms with Gasteiger partial charge in [0.05, 0.1) is 4.92 Å². The van der Waals surface area contributed by atoms with Crippen LogP contribution in [0.15, 0.2) is 95.3 Å². The zero-order valence-electron chi connectivity index (χ0n) is 21.1. The summed E-state index contributed by atoms with van der Waals surface area (Å²) in [5.74, 6) is -1.64. The number of carbonyl (C=O) groups excluding carboxylic acids is 2. The van der Waals surface area contributed by atoms with E-state index in [0.717, 1.165) is 11.1 Å². The lowest BCUT2D eigenvalue weighted by molar-refractivity contribution is -0.384. The number of dihydropyridines is 1. The number of aryl methyl sites for hydroxylation is 2. The highest BCUT2D eigenvalue weighted by Gasteiger charge is 2.37. The van der Waals surface area contributed by atoms with E-state index >= 15 is 0 Å². The van der Waals surface area contributed by atoms with Crippen molar-refractivity contribution in [1.82, 2.24) is 5.32 Å². The number of hydrogen-bond acceptors (Lipinski definition) is 5. The summed E-state index contributed by atoms with van der Waals surface area (Å²) in [6, 6.07) is 20.8. The highest BCUT2D eigenvalue weighted by Crippen LogP contribution is 2.40. The summed E-state index contributed by atoms with van der Waals surface area (Å²) < 4.78 is 0. The molecule has 3 aromatic rings. The number of carbonyl (C=O) groups is 2. The molecule has 0 saturated heterocycles. The van der Waals surface area contributed by atoms with Crippen molar-refractivity contribution in [1.29, 1.82) is 0 Å². The molecule has 8 heteroatoms. The monoisotopic (exact) mass is 496 g/mol. The molecule has 0 unspecified atom stereocenters. The van der Waals surface area contributed by atoms with Crippen LogP contribution in [-0.4, -0.2) is 16.7 Å². The highest BCUT2D eigenvalue weighted by molar-refractivity contribution is 6.11. The average molecular weight is 497 g/mol. The second kappa shape index (κ2) is 10.5. The fourth-order valence-electron chi connectivity index (χ4n) is 4.42. The van der Waals surface area contributed by atoms with Crippen molar-refractivity contribution in [2.45, 2.75) is 33.6 Å². The van der Waals surface area contributed by atoms with Gasteiger partial charge in [-0.15, -0.1) is 0 Å². The second-order valence-electron chi connectivity index (χ2n) is 9.13. The Labute approximate surface area is 215 Å². The molecule has 0 atom stereocenters. The van der Waals surface area contributed by atoms with Crippen LogP contribution in [0, 0.1) is 24.0 Å². The van der Waals surface area contributed by atoms with Crippen molar-refractivity contribution in [2.75, 3.05) is 10.6 Å². The van der Waals surface area contributed by atoms with E-state index in [0.29, 0.717) is 39.5 Å². The number of anilines is 2. The number of benzene rings is 3. The summed E-state index contributed by atoms with van der Waals surface area (Å²) >= 11 is 0. The number of nitrogens with zero attached hydrogens (tertiary/aromatic N) is 1. The summed E-state index contributed by atoms with van der Waals surface area (Å²) in [4.78, 5) is 38.3. The first-order valence-corrected chi connectivity index (χ1v) is 11.8. The smallest absolute Gasteiger partial charge is 0.269 e. The minimum Gasteiger partial charge on any atom is -0.362 e. The predicted octanol–water partition coefficient (Wildman–Crippen LogP) is 5.72. The van der Waals surface area contributed by atoms with Gasteiger partial charge in [0.1, 0.15) is 0 Å². The topological polar surface area (TPSA) is 113 Å². The first kappa shape index (κ1) is 25.4. The first-order chi connectivity index (χ1) is 17.6. The lowest BCUT2D eigenvalue weighted by atomic mass is 9.79. The van der Waals surface area contributed by atoms with Crippen molar-refractivity contribution in [3.05, 3.63) is 122 Å². The average Bonchev–Trinajstić information content (AvgIpc) is 2.86. The van der Waals surface area contributed by atoms with Gasteiger partial charge in [0.15, 0.2) is 0 Å². The normalized spacial score (nSPS) is 13.7. The Hall–Kier alpha value is -4.72. The van der Waals surface area contributed by atoms with Crippen LogP contribution in [0.4, 0.5) is 17.1 Å². The van der Waals surface area contributed by atoms with E-state index in [2.05, 4.69) is 16.0 Å². The molecule has 1 aliphatic heterocycles. The van der Waals surface area contributed by atoms with Crippen LogP contribution in [0.1, 0.15) is 36.5 Å². The van der Waals surface area contributed by atoms with Crippen LogP contribution in [-0.2, 0) is 9.59 Å². The van der Waals surface area contributed by atoms with Crippen LogP contribution in [0.5, 0.6) is 0 Å². The third kappa shape index (κ3) is 5.59. The Morgan fingerprint density at radius 2 is 1.22 bits per heavy atom. The Kier molecular flexibility index (Phi) is 7.20. The predicted molar refractivity (Wildman–Crippen MR) is 144 cm³/mol. The fourth-order valence-corrected chi connectivity index (χ4v) is 4.42. The van der Waals surface area contributed by atoms with E-state index in [-0.39, 0.29) is 5.69 Å². The van der Waals surface area contributed by atoms with Gasteiger partial charge in [-0.1, -0.05) is 47.5 Å². The molecule has 8 nitrogen and oxygen atoms in total. The number of nitro benzene ring substituents is 1. The van der Waals surface area contributed by atoms with Crippen LogP contribution in [0.25, 0.3) is 0 Å². The Balaban J connectivity index is 1.79. The maximum atomic E-state index is 13.6. The largest absolute Gasteiger partial charge is 0.362 e. The van der Waals surface area contributed by atoms with Gasteiger partial charge < -0.3 is 16.0 Å². The lowest BCUT2D eigenvalue weighted by Crippen LogP contribution is -2.35. The molecule has 0 saturated carbocycles. The minimum absolute atomic E-state index is 0.122. The molecule has 0 radical (unpaired) electrons. The summed E-state index contributed by atoms with van der Waals surface area (Å²) in [7, 11) is 0. The van der Waals surface area contributed by atoms with E-state index in [1.807, 2.05) is 38.1 Å². The van der Waals surface area contributed by atoms with Crippen molar-refractivity contribution in [2.24, 2.45) is 0 Å². The zero-order chi connectivity index (χ0) is 26.7. The molecule has 0 fully saturated rings. The molecule has 0 spiro atoms. The molecule has 3 aromatic carbocycles. The van der Waals surface area contributed by atoms with Gasteiger partial charge >= 0.3 is 0 Å². The Morgan fingerprint density at radius 1 is 0.757 bits per heavy atom. The van der Waals surface area contributed by atoms with Crippen molar-refractivity contribution < 1.29 is 14.5 Å². The molecule has 37 heavy (non-hydrogen) atoms. The summed E-state index contributed by atoms with van der Waals surface area (Å²) in [5.41, 5.74) is 5.39. The number of amides is 2. The standard InChI is InChI=1S/C29H28N4O4/c1-17-8-12-22(13-9-17)31-28(34)25-19(3)30-20(4)26(29(35)32-23-14-10-18(2)11-15-23)27(25)21-6-5-7-24(16-21)33(36)37/h5-16,27,30H,1-4H3,(H,31,34)(H,32,35). The van der Waals surface area contributed by atoms with Gasteiger partial charge in [-0.25, -0.2) is 0 Å². The first-order valence-electron chi connectivity index (χ1n) is 11.8. The molecule has 1 aliphatic rings. The zero-order valence-corrected chi connectivity index (χ0v) is 21.1. The van der Waals surface area contributed by atoms with E-state index in [9.17, 15) is 19.7 Å². The molecule has 188 valence electrons. The molecule has 2 amide bonds. The van der Waals surface area contributed by atoms with Gasteiger partial charge in [0, 0.05) is 52.0 Å². The lowest BCUT2D eigenvalue weighted by Gasteiger charge is -2.31. The molecule has 0 aromatic heterocycles. The number of hydrogen-bond donors (Lipinski definition) is 3. The van der Waals surface area contributed by atoms with Gasteiger partial charge in [-0.2, -0.15) is 0 Å². The molecule has 0 aliphatic carbocycles. The number of nitro groups is 1. The van der Waals surface area contributed by atoms with Gasteiger partial charge in [0.2, 0.25) is 0 Å². The third-order valence-corrected chi connectivity index (χ3v) is 6.28. The molecular weight excluding hydrogens is 468 g/mol. The number of nitrogens with one attached hydrogen (secondary N) is 3. The maximum absolute atomic E-state index is 13.6. The van der Waals surface area contributed by atoms with Crippen LogP contribution in [0.3, 0.4) is 0 Å². The quantitative estimate of drug-likeness (QED) is 0.298. The van der Waals surface area contributed by atoms with Crippen LogP contribution >= 0.6 is 0 Å². The second-order valence-corrected chi connectivity index (χ2v) is 9.13. The summed E-state index contributed by atoms with van der Waals surface area (Å²) in [6.45, 7) is 7.42. The van der Waals surface area contributed by atoms with E-state index < -0.39 is 22.7 Å². The minimum atomic E-state index is -0.836.